The van der Waals surface area contributed by atoms with E-state index >= 15 is 0 Å². The predicted molar refractivity (Wildman–Crippen MR) is 166 cm³/mol. The number of amides is 2. The van der Waals surface area contributed by atoms with Gasteiger partial charge in [-0.25, -0.2) is 0 Å². The molecule has 2 aromatic carbocycles. The Labute approximate surface area is 241 Å². The molecule has 1 N–H and O–H groups in total. The minimum absolute atomic E-state index is 0.225. The number of allylic oxidation sites excluding steroid dienone is 1. The van der Waals surface area contributed by atoms with Crippen molar-refractivity contribution in [3.63, 3.8) is 0 Å². The molecule has 0 spiro atoms. The highest BCUT2D eigenvalue weighted by atomic mass is 32.2. The molecule has 1 aliphatic rings. The molecule has 4 nitrogen and oxygen atoms in total. The molecule has 5 heteroatoms. The Morgan fingerprint density at radius 2 is 1.85 bits per heavy atom. The largest absolute Gasteiger partial charge is 0.490 e. The summed E-state index contributed by atoms with van der Waals surface area (Å²) < 4.78 is 6.20. The van der Waals surface area contributed by atoms with Gasteiger partial charge >= 0.3 is 0 Å². The first-order valence-corrected chi connectivity index (χ1v) is 15.6. The molecule has 214 valence electrons. The summed E-state index contributed by atoms with van der Waals surface area (Å²) in [5.41, 5.74) is 4.33. The van der Waals surface area contributed by atoms with Crippen molar-refractivity contribution in [1.29, 1.82) is 0 Å². The zero-order valence-electron chi connectivity index (χ0n) is 24.9. The van der Waals surface area contributed by atoms with Crippen molar-refractivity contribution in [2.45, 2.75) is 116 Å². The van der Waals surface area contributed by atoms with E-state index < -0.39 is 0 Å². The zero-order valence-corrected chi connectivity index (χ0v) is 25.7. The third-order valence-electron chi connectivity index (χ3n) is 7.04. The summed E-state index contributed by atoms with van der Waals surface area (Å²) in [6.45, 7) is 12.1. The monoisotopic (exact) mass is 551 g/mol. The van der Waals surface area contributed by atoms with Crippen molar-refractivity contribution >= 4 is 29.7 Å². The van der Waals surface area contributed by atoms with Gasteiger partial charge in [-0.2, -0.15) is 0 Å². The Morgan fingerprint density at radius 3 is 2.46 bits per heavy atom. The molecule has 1 saturated carbocycles. The lowest BCUT2D eigenvalue weighted by molar-refractivity contribution is -0.129. The summed E-state index contributed by atoms with van der Waals surface area (Å²) in [4.78, 5) is 21.7. The maximum Gasteiger partial charge on any atom is 0.226 e. The molecule has 0 saturated heterocycles. The number of aryl methyl sites for hydroxylation is 1. The van der Waals surface area contributed by atoms with Crippen LogP contribution in [0.2, 0.25) is 0 Å². The SMILES string of the molecule is C/C=C\c1cc(CC(C)CC)ccc1CCC(C)Sc1cccc(OC2CCCC2)c1.CCC(=O)NC(C)=O. The predicted octanol–water partition coefficient (Wildman–Crippen LogP) is 8.80. The van der Waals surface area contributed by atoms with E-state index in [1.807, 2.05) is 11.8 Å². The summed E-state index contributed by atoms with van der Waals surface area (Å²) in [5, 5.41) is 2.68. The van der Waals surface area contributed by atoms with Gasteiger partial charge in [-0.15, -0.1) is 11.8 Å². The van der Waals surface area contributed by atoms with E-state index in [1.165, 1.54) is 73.5 Å². The fraction of sp³-hybridized carbons (Fsp3) is 0.529. The van der Waals surface area contributed by atoms with Gasteiger partial charge in [0.2, 0.25) is 11.8 Å². The van der Waals surface area contributed by atoms with E-state index in [-0.39, 0.29) is 11.8 Å². The summed E-state index contributed by atoms with van der Waals surface area (Å²) in [6.07, 6.45) is 15.0. The van der Waals surface area contributed by atoms with Gasteiger partial charge in [0.05, 0.1) is 6.10 Å². The second-order valence-electron chi connectivity index (χ2n) is 10.7. The van der Waals surface area contributed by atoms with Crippen LogP contribution in [0.5, 0.6) is 5.75 Å². The van der Waals surface area contributed by atoms with Crippen LogP contribution in [0.15, 0.2) is 53.4 Å². The average Bonchev–Trinajstić information content (AvgIpc) is 3.41. The maximum atomic E-state index is 10.3. The smallest absolute Gasteiger partial charge is 0.226 e. The van der Waals surface area contributed by atoms with Gasteiger partial charge < -0.3 is 4.74 Å². The quantitative estimate of drug-likeness (QED) is 0.268. The molecule has 0 aliphatic heterocycles. The summed E-state index contributed by atoms with van der Waals surface area (Å²) in [5.74, 6) is 1.26. The van der Waals surface area contributed by atoms with Gasteiger partial charge in [0.25, 0.3) is 0 Å². The van der Waals surface area contributed by atoms with Crippen LogP contribution in [0.25, 0.3) is 6.08 Å². The number of nitrogens with one attached hydrogen (secondary N) is 1. The van der Waals surface area contributed by atoms with Crippen LogP contribution in [0.3, 0.4) is 0 Å². The first kappa shape index (κ1) is 32.7. The molecular formula is C34H49NO3S. The number of ether oxygens (including phenoxy) is 1. The minimum Gasteiger partial charge on any atom is -0.490 e. The Bertz CT molecular complexity index is 1060. The highest BCUT2D eigenvalue weighted by Crippen LogP contribution is 2.31. The molecule has 2 amide bonds. The molecule has 1 fully saturated rings. The Balaban J connectivity index is 0.000000580. The van der Waals surface area contributed by atoms with E-state index in [2.05, 4.69) is 87.6 Å². The molecule has 0 radical (unpaired) electrons. The number of rotatable bonds is 12. The summed E-state index contributed by atoms with van der Waals surface area (Å²) in [6, 6.07) is 15.8. The van der Waals surface area contributed by atoms with E-state index in [0.717, 1.165) is 18.1 Å². The highest BCUT2D eigenvalue weighted by molar-refractivity contribution is 7.99. The molecule has 39 heavy (non-hydrogen) atoms. The summed E-state index contributed by atoms with van der Waals surface area (Å²) >= 11 is 1.97. The van der Waals surface area contributed by atoms with Crippen molar-refractivity contribution in [3.05, 3.63) is 65.2 Å². The fourth-order valence-electron chi connectivity index (χ4n) is 4.63. The first-order chi connectivity index (χ1) is 18.7. The average molecular weight is 552 g/mol. The first-order valence-electron chi connectivity index (χ1n) is 14.7. The maximum absolute atomic E-state index is 10.3. The molecule has 1 aliphatic carbocycles. The third kappa shape index (κ3) is 12.9. The lowest BCUT2D eigenvalue weighted by Gasteiger charge is -2.16. The number of hydrogen-bond acceptors (Lipinski definition) is 4. The molecule has 3 rings (SSSR count). The molecule has 0 aromatic heterocycles. The molecule has 2 unspecified atom stereocenters. The lowest BCUT2D eigenvalue weighted by Crippen LogP contribution is -2.26. The van der Waals surface area contributed by atoms with Gasteiger partial charge in [0.1, 0.15) is 5.75 Å². The van der Waals surface area contributed by atoms with Crippen molar-refractivity contribution in [2.75, 3.05) is 0 Å². The van der Waals surface area contributed by atoms with Crippen molar-refractivity contribution in [1.82, 2.24) is 5.32 Å². The fourth-order valence-corrected chi connectivity index (χ4v) is 5.68. The van der Waals surface area contributed by atoms with Gasteiger partial charge in [-0.3, -0.25) is 14.9 Å². The van der Waals surface area contributed by atoms with Gasteiger partial charge in [0.15, 0.2) is 0 Å². The second kappa shape index (κ2) is 17.9. The van der Waals surface area contributed by atoms with Crippen molar-refractivity contribution in [2.24, 2.45) is 5.92 Å². The van der Waals surface area contributed by atoms with Gasteiger partial charge in [-0.1, -0.05) is 70.5 Å². The highest BCUT2D eigenvalue weighted by Gasteiger charge is 2.17. The molecule has 2 aromatic rings. The lowest BCUT2D eigenvalue weighted by atomic mass is 9.94. The van der Waals surface area contributed by atoms with E-state index in [1.54, 1.807) is 6.92 Å². The number of thioether (sulfide) groups is 1. The Hall–Kier alpha value is -2.53. The molecule has 0 bridgehead atoms. The van der Waals surface area contributed by atoms with Crippen LogP contribution in [0, 0.1) is 5.92 Å². The van der Waals surface area contributed by atoms with E-state index in [4.69, 9.17) is 4.74 Å². The number of imide groups is 1. The standard InChI is InChI=1S/C29H40OS.C5H9NO2/c1-5-10-26-20-24(19-22(3)6-2)16-18-25(26)17-15-23(4)31-29-14-9-13-28(21-29)30-27-11-7-8-12-27;1-3-5(8)6-4(2)7/h5,9-10,13-14,16,18,20-23,27H,6-8,11-12,15,17,19H2,1-4H3;3H2,1-2H3,(H,6,7,8)/b10-5-;. The van der Waals surface area contributed by atoms with Crippen LogP contribution in [0.1, 0.15) is 103 Å². The van der Waals surface area contributed by atoms with Gasteiger partial charge in [0, 0.05) is 23.5 Å². The van der Waals surface area contributed by atoms with Crippen LogP contribution in [0.4, 0.5) is 0 Å². The van der Waals surface area contributed by atoms with Crippen molar-refractivity contribution < 1.29 is 14.3 Å². The zero-order chi connectivity index (χ0) is 28.6. The minimum atomic E-state index is -0.295. The number of hydrogen-bond donors (Lipinski definition) is 1. The van der Waals surface area contributed by atoms with Crippen molar-refractivity contribution in [3.8, 4) is 5.75 Å². The van der Waals surface area contributed by atoms with Crippen LogP contribution in [-0.4, -0.2) is 23.2 Å². The molecular weight excluding hydrogens is 502 g/mol. The molecule has 2 atom stereocenters. The Kier molecular flexibility index (Phi) is 15.0. The van der Waals surface area contributed by atoms with Gasteiger partial charge in [-0.05, 0) is 92.7 Å². The third-order valence-corrected chi connectivity index (χ3v) is 8.21. The van der Waals surface area contributed by atoms with E-state index in [0.29, 0.717) is 17.8 Å². The number of carbonyl (C=O) groups is 2. The van der Waals surface area contributed by atoms with E-state index in [9.17, 15) is 9.59 Å². The Morgan fingerprint density at radius 1 is 1.10 bits per heavy atom. The van der Waals surface area contributed by atoms with Crippen LogP contribution in [-0.2, 0) is 22.4 Å². The molecule has 0 heterocycles. The normalized spacial score (nSPS) is 14.9. The van der Waals surface area contributed by atoms with Crippen LogP contribution < -0.4 is 10.1 Å². The number of carbonyl (C=O) groups excluding carboxylic acids is 2. The van der Waals surface area contributed by atoms with Crippen LogP contribution >= 0.6 is 11.8 Å². The topological polar surface area (TPSA) is 55.4 Å². The number of benzene rings is 2. The summed E-state index contributed by atoms with van der Waals surface area (Å²) in [7, 11) is 0. The second-order valence-corrected chi connectivity index (χ2v) is 12.2.